The molecule has 1 unspecified atom stereocenters. The highest BCUT2D eigenvalue weighted by Gasteiger charge is 2.58. The fourth-order valence-electron chi connectivity index (χ4n) is 3.49. The Bertz CT molecular complexity index is 521. The molecule has 6 heteroatoms. The zero-order chi connectivity index (χ0) is 18.0. The summed E-state index contributed by atoms with van der Waals surface area (Å²) in [6, 6.07) is 10.1. The molecule has 136 valence electrons. The predicted molar refractivity (Wildman–Crippen MR) is 93.3 cm³/mol. The quantitative estimate of drug-likeness (QED) is 0.681. The average molecular weight is 360 g/mol. The molecule has 0 spiro atoms. The van der Waals surface area contributed by atoms with Crippen molar-refractivity contribution < 1.29 is 17.6 Å². The fraction of sp³-hybridized carbons (Fsp3) is 0.667. The lowest BCUT2D eigenvalue weighted by molar-refractivity contribution is -0.267. The molecule has 0 saturated carbocycles. The Morgan fingerprint density at radius 1 is 1.08 bits per heavy atom. The third-order valence-corrected chi connectivity index (χ3v) is 5.73. The molecule has 2 rings (SSSR count). The summed E-state index contributed by atoms with van der Waals surface area (Å²) in [5.41, 5.74) is -0.830. The van der Waals surface area contributed by atoms with E-state index in [1.165, 1.54) is 12.5 Å². The van der Waals surface area contributed by atoms with Gasteiger partial charge >= 0.3 is 6.18 Å². The van der Waals surface area contributed by atoms with Gasteiger partial charge in [-0.15, -0.1) is 0 Å². The van der Waals surface area contributed by atoms with Crippen LogP contribution in [0.3, 0.4) is 0 Å². The van der Waals surface area contributed by atoms with Crippen LogP contribution in [0.25, 0.3) is 0 Å². The first-order valence-electron chi connectivity index (χ1n) is 8.54. The lowest BCUT2D eigenvalue weighted by Gasteiger charge is -2.46. The van der Waals surface area contributed by atoms with Crippen LogP contribution >= 0.6 is 0 Å². The van der Waals surface area contributed by atoms with Crippen LogP contribution in [0.5, 0.6) is 0 Å². The molecule has 1 aromatic rings. The molecular formula is C18H28F3NOSi. The summed E-state index contributed by atoms with van der Waals surface area (Å²) < 4.78 is 46.9. The molecule has 0 amide bonds. The van der Waals surface area contributed by atoms with E-state index in [1.54, 1.807) is 0 Å². The van der Waals surface area contributed by atoms with Crippen LogP contribution in [0, 0.1) is 5.92 Å². The molecule has 1 saturated heterocycles. The molecule has 1 aliphatic heterocycles. The van der Waals surface area contributed by atoms with Gasteiger partial charge in [0.05, 0.1) is 0 Å². The van der Waals surface area contributed by atoms with E-state index in [9.17, 15) is 13.2 Å². The molecule has 0 aliphatic carbocycles. The van der Waals surface area contributed by atoms with Crippen LogP contribution < -0.4 is 0 Å². The van der Waals surface area contributed by atoms with Crippen LogP contribution in [0.15, 0.2) is 30.3 Å². The summed E-state index contributed by atoms with van der Waals surface area (Å²) in [6.07, 6.45) is -3.29. The molecule has 0 aromatic heterocycles. The zero-order valence-electron chi connectivity index (χ0n) is 15.0. The number of alkyl halides is 3. The minimum absolute atomic E-state index is 0.476. The predicted octanol–water partition coefficient (Wildman–Crippen LogP) is 5.07. The van der Waals surface area contributed by atoms with Gasteiger partial charge in [0.15, 0.2) is 13.9 Å². The summed E-state index contributed by atoms with van der Waals surface area (Å²) in [5, 5.41) is 0. The second-order valence-electron chi connectivity index (χ2n) is 7.86. The van der Waals surface area contributed by atoms with Crippen LogP contribution in [-0.4, -0.2) is 38.1 Å². The summed E-state index contributed by atoms with van der Waals surface area (Å²) in [4.78, 5) is 2.23. The van der Waals surface area contributed by atoms with E-state index in [4.69, 9.17) is 4.43 Å². The summed E-state index contributed by atoms with van der Waals surface area (Å²) in [6.45, 7) is 8.87. The topological polar surface area (TPSA) is 12.5 Å². The Kier molecular flexibility index (Phi) is 5.82. The van der Waals surface area contributed by atoms with Gasteiger partial charge in [-0.05, 0) is 64.0 Å². The van der Waals surface area contributed by atoms with Crippen LogP contribution in [0.2, 0.25) is 19.6 Å². The Balaban J connectivity index is 2.02. The number of rotatable bonds is 5. The lowest BCUT2D eigenvalue weighted by Crippen LogP contribution is -2.57. The van der Waals surface area contributed by atoms with Crippen molar-refractivity contribution in [3.05, 3.63) is 35.9 Å². The molecule has 0 N–H and O–H groups in total. The normalized spacial score (nSPS) is 20.8. The Hall–Kier alpha value is -0.853. The van der Waals surface area contributed by atoms with Crippen molar-refractivity contribution >= 4 is 8.32 Å². The minimum atomic E-state index is -4.33. The Labute approximate surface area is 144 Å². The Morgan fingerprint density at radius 2 is 1.62 bits per heavy atom. The molecule has 24 heavy (non-hydrogen) atoms. The van der Waals surface area contributed by atoms with E-state index in [0.717, 1.165) is 6.54 Å². The average Bonchev–Trinajstić information content (AvgIpc) is 2.46. The zero-order valence-corrected chi connectivity index (χ0v) is 16.0. The van der Waals surface area contributed by atoms with Gasteiger partial charge in [0.2, 0.25) is 0 Å². The Morgan fingerprint density at radius 3 is 2.08 bits per heavy atom. The molecule has 1 atom stereocenters. The maximum atomic E-state index is 13.7. The van der Waals surface area contributed by atoms with Crippen LogP contribution in [-0.2, 0) is 11.0 Å². The molecule has 1 heterocycles. The number of hydrogen-bond donors (Lipinski definition) is 0. The first-order valence-corrected chi connectivity index (χ1v) is 12.0. The summed E-state index contributed by atoms with van der Waals surface area (Å²) in [7, 11) is -2.30. The van der Waals surface area contributed by atoms with Crippen molar-refractivity contribution in [3.8, 4) is 0 Å². The highest BCUT2D eigenvalue weighted by Crippen LogP contribution is 2.45. The van der Waals surface area contributed by atoms with Gasteiger partial charge in [0, 0.05) is 6.54 Å². The second-order valence-corrected chi connectivity index (χ2v) is 12.3. The van der Waals surface area contributed by atoms with Gasteiger partial charge in [-0.2, -0.15) is 13.2 Å². The minimum Gasteiger partial charge on any atom is -0.404 e. The van der Waals surface area contributed by atoms with E-state index < -0.39 is 26.0 Å². The molecule has 1 aromatic carbocycles. The first-order chi connectivity index (χ1) is 11.0. The van der Waals surface area contributed by atoms with Gasteiger partial charge in [-0.3, -0.25) is 4.90 Å². The number of piperidine rings is 1. The SMILES string of the molecule is CC(O[Si](C)(C)C)(C1CCN(Cc2ccccc2)CC1)C(F)(F)F. The molecule has 0 radical (unpaired) electrons. The van der Waals surface area contributed by atoms with Crippen molar-refractivity contribution in [1.82, 2.24) is 4.90 Å². The molecule has 2 nitrogen and oxygen atoms in total. The molecule has 1 aliphatic rings. The van der Waals surface area contributed by atoms with Gasteiger partial charge < -0.3 is 4.43 Å². The number of nitrogens with zero attached hydrogens (tertiary/aromatic N) is 1. The van der Waals surface area contributed by atoms with Crippen molar-refractivity contribution in [2.45, 2.75) is 57.7 Å². The van der Waals surface area contributed by atoms with E-state index in [2.05, 4.69) is 17.0 Å². The van der Waals surface area contributed by atoms with Crippen molar-refractivity contribution in [2.75, 3.05) is 13.1 Å². The molecule has 1 fully saturated rings. The molecule has 0 bridgehead atoms. The van der Waals surface area contributed by atoms with Crippen molar-refractivity contribution in [1.29, 1.82) is 0 Å². The van der Waals surface area contributed by atoms with Gasteiger partial charge in [-0.1, -0.05) is 30.3 Å². The molecular weight excluding hydrogens is 331 g/mol. The standard InChI is InChI=1S/C18H28F3NOSi/c1-17(18(19,20)21,23-24(2,3)4)16-10-12-22(13-11-16)14-15-8-6-5-7-9-15/h5-9,16H,10-14H2,1-4H3. The van der Waals surface area contributed by atoms with Crippen molar-refractivity contribution in [3.63, 3.8) is 0 Å². The van der Waals surface area contributed by atoms with Gasteiger partial charge in [0.1, 0.15) is 0 Å². The van der Waals surface area contributed by atoms with Crippen LogP contribution in [0.4, 0.5) is 13.2 Å². The third kappa shape index (κ3) is 4.83. The largest absolute Gasteiger partial charge is 0.416 e. The maximum absolute atomic E-state index is 13.7. The van der Waals surface area contributed by atoms with Crippen molar-refractivity contribution in [2.24, 2.45) is 5.92 Å². The van der Waals surface area contributed by atoms with E-state index >= 15 is 0 Å². The van der Waals surface area contributed by atoms with Crippen LogP contribution in [0.1, 0.15) is 25.3 Å². The highest BCUT2D eigenvalue weighted by molar-refractivity contribution is 6.69. The van der Waals surface area contributed by atoms with E-state index in [0.29, 0.717) is 25.9 Å². The fourth-order valence-corrected chi connectivity index (χ4v) is 5.05. The monoisotopic (exact) mass is 359 g/mol. The number of benzene rings is 1. The second kappa shape index (κ2) is 7.18. The number of likely N-dealkylation sites (tertiary alicyclic amines) is 1. The van der Waals surface area contributed by atoms with E-state index in [1.807, 2.05) is 37.8 Å². The highest BCUT2D eigenvalue weighted by atomic mass is 28.4. The van der Waals surface area contributed by atoms with Gasteiger partial charge in [0.25, 0.3) is 0 Å². The lowest BCUT2D eigenvalue weighted by atomic mass is 9.81. The first kappa shape index (κ1) is 19.5. The number of hydrogen-bond acceptors (Lipinski definition) is 2. The summed E-state index contributed by atoms with van der Waals surface area (Å²) in [5.74, 6) is -0.476. The number of halogens is 3. The van der Waals surface area contributed by atoms with Gasteiger partial charge in [-0.25, -0.2) is 0 Å². The third-order valence-electron chi connectivity index (χ3n) is 4.70. The summed E-state index contributed by atoms with van der Waals surface area (Å²) >= 11 is 0. The smallest absolute Gasteiger partial charge is 0.404 e. The maximum Gasteiger partial charge on any atom is 0.416 e. The van der Waals surface area contributed by atoms with E-state index in [-0.39, 0.29) is 0 Å².